The third-order valence-electron chi connectivity index (χ3n) is 5.61. The lowest BCUT2D eigenvalue weighted by atomic mass is 9.92. The third kappa shape index (κ3) is 3.13. The van der Waals surface area contributed by atoms with Crippen molar-refractivity contribution in [2.45, 2.75) is 58.2 Å². The molecule has 2 aromatic rings. The summed E-state index contributed by atoms with van der Waals surface area (Å²) in [5.74, 6) is 1.11. The van der Waals surface area contributed by atoms with E-state index in [1.54, 1.807) is 0 Å². The van der Waals surface area contributed by atoms with Gasteiger partial charge in [-0.2, -0.15) is 5.10 Å². The van der Waals surface area contributed by atoms with Crippen molar-refractivity contribution >= 4 is 0 Å². The molecule has 3 heterocycles. The van der Waals surface area contributed by atoms with Crippen molar-refractivity contribution < 1.29 is 4.52 Å². The maximum atomic E-state index is 5.61. The van der Waals surface area contributed by atoms with Crippen LogP contribution in [0.5, 0.6) is 0 Å². The molecular weight excluding hydrogens is 302 g/mol. The van der Waals surface area contributed by atoms with Gasteiger partial charge in [0.1, 0.15) is 11.5 Å². The number of hydrogen-bond donors (Lipinski definition) is 1. The van der Waals surface area contributed by atoms with E-state index in [0.717, 1.165) is 43.8 Å². The van der Waals surface area contributed by atoms with Gasteiger partial charge in [-0.3, -0.25) is 9.58 Å². The van der Waals surface area contributed by atoms with E-state index >= 15 is 0 Å². The quantitative estimate of drug-likeness (QED) is 0.909. The molecule has 6 heteroatoms. The zero-order valence-electron chi connectivity index (χ0n) is 14.7. The molecule has 0 saturated carbocycles. The van der Waals surface area contributed by atoms with Crippen LogP contribution in [0.3, 0.4) is 0 Å². The lowest BCUT2D eigenvalue weighted by molar-refractivity contribution is 0.309. The van der Waals surface area contributed by atoms with E-state index in [4.69, 9.17) is 4.52 Å². The molecule has 6 nitrogen and oxygen atoms in total. The second-order valence-corrected chi connectivity index (χ2v) is 7.21. The third-order valence-corrected chi connectivity index (χ3v) is 5.61. The number of fused-ring (bicyclic) bond motifs is 1. The topological polar surface area (TPSA) is 59.1 Å². The maximum absolute atomic E-state index is 5.61. The van der Waals surface area contributed by atoms with Crippen LogP contribution in [-0.4, -0.2) is 39.0 Å². The lowest BCUT2D eigenvalue weighted by Crippen LogP contribution is -2.34. The second kappa shape index (κ2) is 6.69. The van der Waals surface area contributed by atoms with E-state index in [0.29, 0.717) is 6.04 Å². The molecule has 0 amide bonds. The summed E-state index contributed by atoms with van der Waals surface area (Å²) in [5.41, 5.74) is 5.04. The summed E-state index contributed by atoms with van der Waals surface area (Å²) < 4.78 is 7.55. The molecule has 24 heavy (non-hydrogen) atoms. The van der Waals surface area contributed by atoms with Gasteiger partial charge in [0.25, 0.3) is 0 Å². The molecule has 1 N–H and O–H groups in total. The molecule has 1 unspecified atom stereocenters. The van der Waals surface area contributed by atoms with Gasteiger partial charge < -0.3 is 9.84 Å². The minimum Gasteiger partial charge on any atom is -0.361 e. The molecule has 2 aromatic heterocycles. The average Bonchev–Trinajstić information content (AvgIpc) is 3.30. The molecule has 0 radical (unpaired) electrons. The van der Waals surface area contributed by atoms with Crippen LogP contribution in [0.25, 0.3) is 0 Å². The maximum Gasteiger partial charge on any atom is 0.140 e. The Hall–Kier alpha value is -1.66. The van der Waals surface area contributed by atoms with Crippen LogP contribution in [0, 0.1) is 6.92 Å². The summed E-state index contributed by atoms with van der Waals surface area (Å²) >= 11 is 0. The average molecular weight is 329 g/mol. The van der Waals surface area contributed by atoms with Gasteiger partial charge in [-0.1, -0.05) is 5.16 Å². The molecule has 1 aliphatic carbocycles. The van der Waals surface area contributed by atoms with E-state index in [1.165, 1.54) is 42.8 Å². The van der Waals surface area contributed by atoms with E-state index in [2.05, 4.69) is 27.4 Å². The monoisotopic (exact) mass is 329 g/mol. The molecule has 1 aliphatic heterocycles. The number of likely N-dealkylation sites (tertiary alicyclic amines) is 1. The first kappa shape index (κ1) is 15.8. The van der Waals surface area contributed by atoms with Gasteiger partial charge >= 0.3 is 0 Å². The first-order chi connectivity index (χ1) is 11.7. The van der Waals surface area contributed by atoms with Gasteiger partial charge in [-0.15, -0.1) is 0 Å². The first-order valence-corrected chi connectivity index (χ1v) is 9.10. The molecule has 130 valence electrons. The molecule has 2 aliphatic rings. The summed E-state index contributed by atoms with van der Waals surface area (Å²) in [7, 11) is 1.99. The number of aryl methyl sites for hydroxylation is 2. The van der Waals surface area contributed by atoms with E-state index in [9.17, 15) is 0 Å². The van der Waals surface area contributed by atoms with Gasteiger partial charge in [-0.05, 0) is 45.7 Å². The summed E-state index contributed by atoms with van der Waals surface area (Å²) in [4.78, 5) is 2.49. The largest absolute Gasteiger partial charge is 0.361 e. The van der Waals surface area contributed by atoms with Crippen molar-refractivity contribution in [2.75, 3.05) is 13.1 Å². The molecule has 0 spiro atoms. The summed E-state index contributed by atoms with van der Waals surface area (Å²) in [6, 6.07) is 0.494. The number of nitrogens with zero attached hydrogens (tertiary/aromatic N) is 4. The predicted octanol–water partition coefficient (Wildman–Crippen LogP) is 1.96. The summed E-state index contributed by atoms with van der Waals surface area (Å²) in [6.07, 6.45) is 7.73. The SMILES string of the molecule is Cc1c(CNC2CCc3onc(CN4CCCC4)c3C2)cnn1C. The number of rotatable bonds is 5. The van der Waals surface area contributed by atoms with Crippen LogP contribution in [0.2, 0.25) is 0 Å². The Balaban J connectivity index is 1.39. The van der Waals surface area contributed by atoms with Crippen molar-refractivity contribution in [1.82, 2.24) is 25.2 Å². The Morgan fingerprint density at radius 1 is 1.33 bits per heavy atom. The van der Waals surface area contributed by atoms with E-state index in [-0.39, 0.29) is 0 Å². The second-order valence-electron chi connectivity index (χ2n) is 7.21. The van der Waals surface area contributed by atoms with Crippen molar-refractivity contribution in [3.63, 3.8) is 0 Å². The van der Waals surface area contributed by atoms with Crippen LogP contribution < -0.4 is 5.32 Å². The molecular formula is C18H27N5O. The number of nitrogens with one attached hydrogen (secondary N) is 1. The van der Waals surface area contributed by atoms with Gasteiger partial charge in [0.2, 0.25) is 0 Å². The standard InChI is InChI=1S/C18H27N5O/c1-13-14(11-20-22(13)2)10-19-15-5-6-18-16(9-15)17(21-24-18)12-23-7-3-4-8-23/h11,15,19H,3-10,12H2,1-2H3. The normalized spacial score (nSPS) is 21.3. The Labute approximate surface area is 143 Å². The van der Waals surface area contributed by atoms with E-state index < -0.39 is 0 Å². The fraction of sp³-hybridized carbons (Fsp3) is 0.667. The molecule has 1 fully saturated rings. The van der Waals surface area contributed by atoms with Gasteiger partial charge in [0.05, 0.1) is 6.20 Å². The van der Waals surface area contributed by atoms with Crippen LogP contribution in [0.1, 0.15) is 47.5 Å². The molecule has 1 saturated heterocycles. The Kier molecular flexibility index (Phi) is 4.41. The first-order valence-electron chi connectivity index (χ1n) is 9.10. The highest BCUT2D eigenvalue weighted by molar-refractivity contribution is 5.27. The van der Waals surface area contributed by atoms with Crippen molar-refractivity contribution in [2.24, 2.45) is 7.05 Å². The van der Waals surface area contributed by atoms with Crippen LogP contribution in [0.15, 0.2) is 10.7 Å². The number of hydrogen-bond acceptors (Lipinski definition) is 5. The summed E-state index contributed by atoms with van der Waals surface area (Å²) in [5, 5.41) is 12.4. The molecule has 1 atom stereocenters. The number of aromatic nitrogens is 3. The lowest BCUT2D eigenvalue weighted by Gasteiger charge is -2.23. The highest BCUT2D eigenvalue weighted by Gasteiger charge is 2.27. The molecule has 0 aromatic carbocycles. The van der Waals surface area contributed by atoms with Crippen molar-refractivity contribution in [1.29, 1.82) is 0 Å². The van der Waals surface area contributed by atoms with Crippen molar-refractivity contribution in [3.05, 3.63) is 34.5 Å². The Bertz CT molecular complexity index is 698. The zero-order valence-corrected chi connectivity index (χ0v) is 14.7. The minimum atomic E-state index is 0.494. The van der Waals surface area contributed by atoms with Crippen LogP contribution in [0.4, 0.5) is 0 Å². The minimum absolute atomic E-state index is 0.494. The van der Waals surface area contributed by atoms with Crippen molar-refractivity contribution in [3.8, 4) is 0 Å². The predicted molar refractivity (Wildman–Crippen MR) is 91.6 cm³/mol. The van der Waals surface area contributed by atoms with E-state index in [1.807, 2.05) is 17.9 Å². The van der Waals surface area contributed by atoms with Gasteiger partial charge in [0, 0.05) is 49.4 Å². The van der Waals surface area contributed by atoms with Crippen LogP contribution >= 0.6 is 0 Å². The smallest absolute Gasteiger partial charge is 0.140 e. The molecule has 0 bridgehead atoms. The highest BCUT2D eigenvalue weighted by atomic mass is 16.5. The van der Waals surface area contributed by atoms with Crippen LogP contribution in [-0.2, 0) is 33.0 Å². The highest BCUT2D eigenvalue weighted by Crippen LogP contribution is 2.26. The fourth-order valence-corrected chi connectivity index (χ4v) is 3.89. The Morgan fingerprint density at radius 3 is 2.92 bits per heavy atom. The zero-order chi connectivity index (χ0) is 16.5. The molecule has 4 rings (SSSR count). The fourth-order valence-electron chi connectivity index (χ4n) is 3.89. The Morgan fingerprint density at radius 2 is 2.17 bits per heavy atom. The summed E-state index contributed by atoms with van der Waals surface area (Å²) in [6.45, 7) is 6.35. The van der Waals surface area contributed by atoms with Gasteiger partial charge in [-0.25, -0.2) is 0 Å². The van der Waals surface area contributed by atoms with Gasteiger partial charge in [0.15, 0.2) is 0 Å².